The normalized spacial score (nSPS) is 25.1. The molecular weight excluding hydrogens is 200 g/mol. The van der Waals surface area contributed by atoms with E-state index in [-0.39, 0.29) is 24.6 Å². The standard InChI is InChI=1S/C11H13F2NO/c12-11(13)4-5-14-10(7-11)8-2-1-3-9(15)6-8/h1-3,6,10,14-15H,4-5,7H2. The maximum atomic E-state index is 13.1. The Morgan fingerprint density at radius 2 is 2.20 bits per heavy atom. The van der Waals surface area contributed by atoms with Gasteiger partial charge in [0.05, 0.1) is 0 Å². The molecule has 15 heavy (non-hydrogen) atoms. The molecule has 1 aromatic carbocycles. The number of phenolic OH excluding ortho intramolecular Hbond substituents is 1. The van der Waals surface area contributed by atoms with Gasteiger partial charge in [0.1, 0.15) is 5.75 Å². The number of aromatic hydroxyl groups is 1. The van der Waals surface area contributed by atoms with Crippen LogP contribution in [0.3, 0.4) is 0 Å². The van der Waals surface area contributed by atoms with Gasteiger partial charge in [-0.3, -0.25) is 0 Å². The molecule has 4 heteroatoms. The smallest absolute Gasteiger partial charge is 0.251 e. The second-order valence-corrected chi connectivity index (χ2v) is 3.91. The summed E-state index contributed by atoms with van der Waals surface area (Å²) in [5.41, 5.74) is 0.717. The second kappa shape index (κ2) is 3.77. The van der Waals surface area contributed by atoms with E-state index in [1.807, 2.05) is 0 Å². The average Bonchev–Trinajstić information content (AvgIpc) is 2.16. The highest BCUT2D eigenvalue weighted by Gasteiger charge is 2.36. The van der Waals surface area contributed by atoms with Gasteiger partial charge in [0.2, 0.25) is 0 Å². The number of phenols is 1. The molecule has 0 aromatic heterocycles. The van der Waals surface area contributed by atoms with Crippen molar-refractivity contribution in [1.29, 1.82) is 0 Å². The van der Waals surface area contributed by atoms with Crippen LogP contribution in [0.1, 0.15) is 24.4 Å². The first-order valence-corrected chi connectivity index (χ1v) is 4.97. The van der Waals surface area contributed by atoms with E-state index in [1.54, 1.807) is 12.1 Å². The zero-order valence-electron chi connectivity index (χ0n) is 8.21. The third kappa shape index (κ3) is 2.45. The van der Waals surface area contributed by atoms with E-state index in [4.69, 9.17) is 0 Å². The summed E-state index contributed by atoms with van der Waals surface area (Å²) in [6.07, 6.45) is -0.307. The number of nitrogens with one attached hydrogen (secondary N) is 1. The summed E-state index contributed by atoms with van der Waals surface area (Å²) in [6.45, 7) is 0.313. The molecule has 0 aliphatic carbocycles. The monoisotopic (exact) mass is 213 g/mol. The molecule has 1 saturated heterocycles. The number of hydrogen-bond donors (Lipinski definition) is 2. The van der Waals surface area contributed by atoms with Crippen molar-refractivity contribution < 1.29 is 13.9 Å². The van der Waals surface area contributed by atoms with Gasteiger partial charge in [0.15, 0.2) is 0 Å². The highest BCUT2D eigenvalue weighted by atomic mass is 19.3. The number of piperidine rings is 1. The molecule has 0 radical (unpaired) electrons. The fourth-order valence-corrected chi connectivity index (χ4v) is 1.88. The Morgan fingerprint density at radius 1 is 1.40 bits per heavy atom. The van der Waals surface area contributed by atoms with Gasteiger partial charge in [-0.25, -0.2) is 8.78 Å². The summed E-state index contributed by atoms with van der Waals surface area (Å²) < 4.78 is 26.3. The number of benzene rings is 1. The minimum Gasteiger partial charge on any atom is -0.508 e. The highest BCUT2D eigenvalue weighted by Crippen LogP contribution is 2.34. The van der Waals surface area contributed by atoms with Crippen molar-refractivity contribution in [2.24, 2.45) is 0 Å². The van der Waals surface area contributed by atoms with Crippen LogP contribution in [-0.4, -0.2) is 17.6 Å². The molecule has 0 spiro atoms. The van der Waals surface area contributed by atoms with Gasteiger partial charge in [-0.1, -0.05) is 12.1 Å². The van der Waals surface area contributed by atoms with Crippen LogP contribution >= 0.6 is 0 Å². The van der Waals surface area contributed by atoms with E-state index >= 15 is 0 Å². The molecule has 1 aromatic rings. The maximum absolute atomic E-state index is 13.1. The Labute approximate surface area is 86.9 Å². The first kappa shape index (κ1) is 10.4. The summed E-state index contributed by atoms with van der Waals surface area (Å²) >= 11 is 0. The van der Waals surface area contributed by atoms with E-state index < -0.39 is 5.92 Å². The van der Waals surface area contributed by atoms with Crippen molar-refractivity contribution in [3.05, 3.63) is 29.8 Å². The first-order chi connectivity index (χ1) is 7.07. The molecule has 2 nitrogen and oxygen atoms in total. The predicted molar refractivity (Wildman–Crippen MR) is 53.0 cm³/mol. The van der Waals surface area contributed by atoms with Gasteiger partial charge in [-0.15, -0.1) is 0 Å². The average molecular weight is 213 g/mol. The van der Waals surface area contributed by atoms with Gasteiger partial charge in [-0.2, -0.15) is 0 Å². The van der Waals surface area contributed by atoms with Crippen LogP contribution < -0.4 is 5.32 Å². The zero-order valence-corrected chi connectivity index (χ0v) is 8.21. The lowest BCUT2D eigenvalue weighted by Crippen LogP contribution is -2.38. The summed E-state index contributed by atoms with van der Waals surface area (Å²) in [4.78, 5) is 0. The quantitative estimate of drug-likeness (QED) is 0.751. The molecule has 0 saturated carbocycles. The van der Waals surface area contributed by atoms with E-state index in [1.165, 1.54) is 12.1 Å². The number of alkyl halides is 2. The minimum absolute atomic E-state index is 0.109. The highest BCUT2D eigenvalue weighted by molar-refractivity contribution is 5.29. The molecule has 1 atom stereocenters. The van der Waals surface area contributed by atoms with Gasteiger partial charge < -0.3 is 10.4 Å². The lowest BCUT2D eigenvalue weighted by Gasteiger charge is -2.30. The second-order valence-electron chi connectivity index (χ2n) is 3.91. The van der Waals surface area contributed by atoms with E-state index in [9.17, 15) is 13.9 Å². The third-order valence-corrected chi connectivity index (χ3v) is 2.66. The number of halogens is 2. The Morgan fingerprint density at radius 3 is 2.87 bits per heavy atom. The van der Waals surface area contributed by atoms with Crippen molar-refractivity contribution in [2.75, 3.05) is 6.54 Å². The molecule has 1 unspecified atom stereocenters. The number of rotatable bonds is 1. The van der Waals surface area contributed by atoms with Crippen LogP contribution in [0.5, 0.6) is 5.75 Å². The lowest BCUT2D eigenvalue weighted by atomic mass is 9.95. The van der Waals surface area contributed by atoms with Gasteiger partial charge in [0, 0.05) is 25.4 Å². The number of hydrogen-bond acceptors (Lipinski definition) is 2. The minimum atomic E-state index is -2.60. The predicted octanol–water partition coefficient (Wildman–Crippen LogP) is 2.45. The first-order valence-electron chi connectivity index (χ1n) is 4.97. The summed E-state index contributed by atoms with van der Waals surface area (Å²) in [5.74, 6) is -2.48. The van der Waals surface area contributed by atoms with E-state index in [0.717, 1.165) is 5.56 Å². The lowest BCUT2D eigenvalue weighted by molar-refractivity contribution is -0.0415. The van der Waals surface area contributed by atoms with E-state index in [0.29, 0.717) is 6.54 Å². The fourth-order valence-electron chi connectivity index (χ4n) is 1.88. The largest absolute Gasteiger partial charge is 0.508 e. The molecule has 0 amide bonds. The Balaban J connectivity index is 2.17. The molecule has 2 rings (SSSR count). The van der Waals surface area contributed by atoms with Crippen molar-refractivity contribution in [3.63, 3.8) is 0 Å². The summed E-state index contributed by atoms with van der Waals surface area (Å²) in [6, 6.07) is 6.11. The van der Waals surface area contributed by atoms with E-state index in [2.05, 4.69) is 5.32 Å². The van der Waals surface area contributed by atoms with Crippen molar-refractivity contribution in [3.8, 4) is 5.75 Å². The van der Waals surface area contributed by atoms with Crippen LogP contribution in [0.15, 0.2) is 24.3 Å². The Hall–Kier alpha value is -1.16. The topological polar surface area (TPSA) is 32.3 Å². The molecule has 1 fully saturated rings. The summed E-state index contributed by atoms with van der Waals surface area (Å²) in [5, 5.41) is 12.3. The molecule has 0 bridgehead atoms. The zero-order chi connectivity index (χ0) is 10.9. The Bertz CT molecular complexity index is 354. The summed E-state index contributed by atoms with van der Waals surface area (Å²) in [7, 11) is 0. The van der Waals surface area contributed by atoms with Crippen LogP contribution in [0, 0.1) is 0 Å². The van der Waals surface area contributed by atoms with Crippen molar-refractivity contribution in [1.82, 2.24) is 5.32 Å². The molecule has 1 aliphatic heterocycles. The molecule has 1 heterocycles. The fraction of sp³-hybridized carbons (Fsp3) is 0.455. The third-order valence-electron chi connectivity index (χ3n) is 2.66. The van der Waals surface area contributed by atoms with Crippen LogP contribution in [-0.2, 0) is 0 Å². The van der Waals surface area contributed by atoms with Crippen LogP contribution in [0.25, 0.3) is 0 Å². The van der Waals surface area contributed by atoms with Gasteiger partial charge >= 0.3 is 0 Å². The molecule has 1 aliphatic rings. The SMILES string of the molecule is Oc1cccc(C2CC(F)(F)CCN2)c1. The van der Waals surface area contributed by atoms with Crippen LogP contribution in [0.4, 0.5) is 8.78 Å². The Kier molecular flexibility index (Phi) is 2.61. The molecule has 2 N–H and O–H groups in total. The van der Waals surface area contributed by atoms with Gasteiger partial charge in [0.25, 0.3) is 5.92 Å². The van der Waals surface area contributed by atoms with Gasteiger partial charge in [-0.05, 0) is 17.7 Å². The molecule has 82 valence electrons. The van der Waals surface area contributed by atoms with Crippen molar-refractivity contribution >= 4 is 0 Å². The molecular formula is C11H13F2NO. The van der Waals surface area contributed by atoms with Crippen LogP contribution in [0.2, 0.25) is 0 Å². The van der Waals surface area contributed by atoms with Crippen molar-refractivity contribution in [2.45, 2.75) is 24.8 Å². The maximum Gasteiger partial charge on any atom is 0.251 e.